The van der Waals surface area contributed by atoms with Crippen molar-refractivity contribution in [1.29, 1.82) is 0 Å². The molecule has 2 aliphatic heterocycles. The molecule has 0 radical (unpaired) electrons. The molecule has 1 amide bonds. The summed E-state index contributed by atoms with van der Waals surface area (Å²) in [6, 6.07) is 5.19. The number of anilines is 2. The van der Waals surface area contributed by atoms with Crippen molar-refractivity contribution in [3.63, 3.8) is 0 Å². The predicted octanol–water partition coefficient (Wildman–Crippen LogP) is 2.26. The van der Waals surface area contributed by atoms with Crippen LogP contribution in [-0.2, 0) is 14.8 Å². The largest absolute Gasteiger partial charge is 0.481 e. The number of carboxylic acid groups (broad SMARTS) is 1. The van der Waals surface area contributed by atoms with Crippen LogP contribution in [0.5, 0.6) is 0 Å². The molecular weight excluding hydrogens is 444 g/mol. The first-order valence-electron chi connectivity index (χ1n) is 11.9. The van der Waals surface area contributed by atoms with Gasteiger partial charge in [0.25, 0.3) is 5.91 Å². The first-order chi connectivity index (χ1) is 15.8. The Kier molecular flexibility index (Phi) is 8.96. The summed E-state index contributed by atoms with van der Waals surface area (Å²) in [5.41, 5.74) is 1.30. The quantitative estimate of drug-likeness (QED) is 0.404. The Hall–Kier alpha value is -2.33. The number of hydrogen-bond acceptors (Lipinski definition) is 6. The lowest BCUT2D eigenvalue weighted by atomic mass is 9.79. The molecule has 9 nitrogen and oxygen atoms in total. The number of sulfonamides is 1. The fourth-order valence-electron chi connectivity index (χ4n) is 4.82. The Morgan fingerprint density at radius 2 is 1.79 bits per heavy atom. The Labute approximate surface area is 196 Å². The average Bonchev–Trinajstić information content (AvgIpc) is 2.79. The van der Waals surface area contributed by atoms with E-state index in [0.29, 0.717) is 6.42 Å². The van der Waals surface area contributed by atoms with Crippen LogP contribution in [0, 0.1) is 11.8 Å². The number of nitrogens with one attached hydrogen (secondary N) is 3. The zero-order valence-electron chi connectivity index (χ0n) is 19.3. The molecule has 0 spiro atoms. The number of carbonyl (C=O) groups is 2. The van der Waals surface area contributed by atoms with E-state index >= 15 is 0 Å². The maximum Gasteiger partial charge on any atom is 0.305 e. The van der Waals surface area contributed by atoms with Gasteiger partial charge in [-0.05, 0) is 75.2 Å². The van der Waals surface area contributed by atoms with Crippen LogP contribution in [0.2, 0.25) is 0 Å². The number of nitrogens with zero attached hydrogens (tertiary/aromatic N) is 1. The van der Waals surface area contributed by atoms with Gasteiger partial charge in [0.15, 0.2) is 0 Å². The number of rotatable bonds is 10. The second-order valence-corrected chi connectivity index (χ2v) is 10.8. The highest BCUT2D eigenvalue weighted by atomic mass is 32.2. The van der Waals surface area contributed by atoms with Gasteiger partial charge in [-0.3, -0.25) is 14.3 Å². The third kappa shape index (κ3) is 7.33. The van der Waals surface area contributed by atoms with Gasteiger partial charge in [0.2, 0.25) is 10.0 Å². The summed E-state index contributed by atoms with van der Waals surface area (Å²) < 4.78 is 27.5. The molecule has 0 unspecified atom stereocenters. The number of hydrogen-bond donors (Lipinski definition) is 4. The van der Waals surface area contributed by atoms with Crippen molar-refractivity contribution >= 4 is 33.3 Å². The summed E-state index contributed by atoms with van der Waals surface area (Å²) in [5, 5.41) is 14.8. The first-order valence-corrected chi connectivity index (χ1v) is 13.5. The van der Waals surface area contributed by atoms with Gasteiger partial charge in [-0.2, -0.15) is 0 Å². The lowest BCUT2D eigenvalue weighted by Gasteiger charge is -2.39. The van der Waals surface area contributed by atoms with Gasteiger partial charge < -0.3 is 20.6 Å². The topological polar surface area (TPSA) is 128 Å². The van der Waals surface area contributed by atoms with E-state index in [1.165, 1.54) is 12.8 Å². The summed E-state index contributed by atoms with van der Waals surface area (Å²) in [7, 11) is -3.59. The molecule has 0 aromatic heterocycles. The Morgan fingerprint density at radius 1 is 1.12 bits per heavy atom. The lowest BCUT2D eigenvalue weighted by molar-refractivity contribution is -0.136. The van der Waals surface area contributed by atoms with Crippen LogP contribution >= 0.6 is 0 Å². The van der Waals surface area contributed by atoms with E-state index in [-0.39, 0.29) is 30.0 Å². The second kappa shape index (κ2) is 11.7. The fraction of sp³-hybridized carbons (Fsp3) is 0.652. The molecule has 0 aliphatic carbocycles. The highest BCUT2D eigenvalue weighted by molar-refractivity contribution is 7.92. The standard InChI is InChI=1S/C23H36N4O5S/c1-2-15-33(31,32)26-21-16-19(3-4-20(21)23(30)25-12-7-22(28)29)27-13-8-18(9-14-27)17-5-10-24-11-6-17/h3-4,16-18,24,26H,2,5-15H2,1H3,(H,25,30)(H,28,29). The van der Waals surface area contributed by atoms with Gasteiger partial charge in [0.1, 0.15) is 0 Å². The zero-order chi connectivity index (χ0) is 23.8. The van der Waals surface area contributed by atoms with Gasteiger partial charge in [-0.25, -0.2) is 8.42 Å². The second-order valence-electron chi connectivity index (χ2n) is 8.96. The van der Waals surface area contributed by atoms with Gasteiger partial charge in [-0.15, -0.1) is 0 Å². The van der Waals surface area contributed by atoms with Crippen molar-refractivity contribution in [3.8, 4) is 0 Å². The lowest BCUT2D eigenvalue weighted by Crippen LogP contribution is -2.39. The molecule has 1 aromatic rings. The Morgan fingerprint density at radius 3 is 2.42 bits per heavy atom. The zero-order valence-corrected chi connectivity index (χ0v) is 20.1. The molecule has 1 aromatic carbocycles. The molecule has 184 valence electrons. The van der Waals surface area contributed by atoms with E-state index in [1.807, 2.05) is 6.07 Å². The van der Waals surface area contributed by atoms with Crippen molar-refractivity contribution in [2.75, 3.05) is 48.1 Å². The summed E-state index contributed by atoms with van der Waals surface area (Å²) in [5.74, 6) is -0.0465. The van der Waals surface area contributed by atoms with Gasteiger partial charge >= 0.3 is 5.97 Å². The number of amides is 1. The maximum absolute atomic E-state index is 12.6. The third-order valence-corrected chi connectivity index (χ3v) is 8.04. The number of carbonyl (C=O) groups excluding carboxylic acids is 1. The van der Waals surface area contributed by atoms with Crippen LogP contribution in [0.4, 0.5) is 11.4 Å². The SMILES string of the molecule is CCCS(=O)(=O)Nc1cc(N2CCC(C3CCNCC3)CC2)ccc1C(=O)NCCC(=O)O. The molecule has 33 heavy (non-hydrogen) atoms. The van der Waals surface area contributed by atoms with Gasteiger partial charge in [0.05, 0.1) is 23.4 Å². The minimum Gasteiger partial charge on any atom is -0.481 e. The summed E-state index contributed by atoms with van der Waals surface area (Å²) in [6.45, 7) is 5.76. The molecule has 10 heteroatoms. The van der Waals surface area contributed by atoms with E-state index in [2.05, 4.69) is 20.3 Å². The maximum atomic E-state index is 12.6. The number of carboxylic acids is 1. The van der Waals surface area contributed by atoms with E-state index in [1.54, 1.807) is 19.1 Å². The highest BCUT2D eigenvalue weighted by Crippen LogP contribution is 2.34. The molecule has 2 aliphatic rings. The number of aliphatic carboxylic acids is 1. The van der Waals surface area contributed by atoms with E-state index in [4.69, 9.17) is 5.11 Å². The van der Waals surface area contributed by atoms with Gasteiger partial charge in [-0.1, -0.05) is 6.92 Å². The van der Waals surface area contributed by atoms with Crippen molar-refractivity contribution in [1.82, 2.24) is 10.6 Å². The van der Waals surface area contributed by atoms with E-state index in [9.17, 15) is 18.0 Å². The van der Waals surface area contributed by atoms with Crippen LogP contribution in [0.15, 0.2) is 18.2 Å². The molecule has 4 N–H and O–H groups in total. The predicted molar refractivity (Wildman–Crippen MR) is 129 cm³/mol. The summed E-state index contributed by atoms with van der Waals surface area (Å²) >= 11 is 0. The monoisotopic (exact) mass is 480 g/mol. The van der Waals surface area contributed by atoms with Crippen molar-refractivity contribution < 1.29 is 23.1 Å². The normalized spacial score (nSPS) is 18.2. The van der Waals surface area contributed by atoms with Crippen LogP contribution in [0.3, 0.4) is 0 Å². The van der Waals surface area contributed by atoms with Crippen LogP contribution < -0.4 is 20.3 Å². The Bertz CT molecular complexity index is 923. The number of benzene rings is 1. The third-order valence-electron chi connectivity index (χ3n) is 6.57. The van der Waals surface area contributed by atoms with Crippen LogP contribution in [0.1, 0.15) is 55.8 Å². The van der Waals surface area contributed by atoms with Crippen molar-refractivity contribution in [2.24, 2.45) is 11.8 Å². The smallest absolute Gasteiger partial charge is 0.305 e. The first kappa shape index (κ1) is 25.3. The molecular formula is C23H36N4O5S. The minimum atomic E-state index is -3.59. The molecule has 0 atom stereocenters. The minimum absolute atomic E-state index is 0.0265. The molecule has 0 bridgehead atoms. The van der Waals surface area contributed by atoms with Crippen LogP contribution in [0.25, 0.3) is 0 Å². The Balaban J connectivity index is 1.73. The molecule has 2 fully saturated rings. The molecule has 3 rings (SSSR count). The van der Waals surface area contributed by atoms with E-state index in [0.717, 1.165) is 56.5 Å². The fourth-order valence-corrected chi connectivity index (χ4v) is 5.97. The highest BCUT2D eigenvalue weighted by Gasteiger charge is 2.28. The molecule has 0 saturated carbocycles. The van der Waals surface area contributed by atoms with E-state index < -0.39 is 21.9 Å². The average molecular weight is 481 g/mol. The summed E-state index contributed by atoms with van der Waals surface area (Å²) in [6.07, 6.45) is 4.95. The van der Waals surface area contributed by atoms with Gasteiger partial charge in [0, 0.05) is 25.3 Å². The molecule has 2 heterocycles. The van der Waals surface area contributed by atoms with Crippen molar-refractivity contribution in [2.45, 2.75) is 45.4 Å². The van der Waals surface area contributed by atoms with Crippen LogP contribution in [-0.4, -0.2) is 63.9 Å². The summed E-state index contributed by atoms with van der Waals surface area (Å²) in [4.78, 5) is 25.6. The number of piperidine rings is 2. The van der Waals surface area contributed by atoms with Crippen molar-refractivity contribution in [3.05, 3.63) is 23.8 Å². The molecule has 2 saturated heterocycles.